The van der Waals surface area contributed by atoms with Gasteiger partial charge in [-0.25, -0.2) is 0 Å². The van der Waals surface area contributed by atoms with Crippen molar-refractivity contribution in [2.75, 3.05) is 0 Å². The highest BCUT2D eigenvalue weighted by molar-refractivity contribution is 4.60. The van der Waals surface area contributed by atoms with Crippen LogP contribution >= 0.6 is 0 Å². The Balaban J connectivity index is 3.02. The molecule has 0 fully saturated rings. The molecule has 0 aliphatic carbocycles. The highest BCUT2D eigenvalue weighted by Gasteiger charge is 2.00. The summed E-state index contributed by atoms with van der Waals surface area (Å²) < 4.78 is 0. The van der Waals surface area contributed by atoms with Gasteiger partial charge in [0.25, 0.3) is 0 Å². The second-order valence-corrected chi connectivity index (χ2v) is 3.94. The zero-order chi connectivity index (χ0) is 9.23. The fourth-order valence-electron chi connectivity index (χ4n) is 1.52. The van der Waals surface area contributed by atoms with Gasteiger partial charge in [0.15, 0.2) is 0 Å². The van der Waals surface area contributed by atoms with E-state index in [9.17, 15) is 0 Å². The van der Waals surface area contributed by atoms with Gasteiger partial charge in [-0.1, -0.05) is 65.7 Å². The first-order valence-electron chi connectivity index (χ1n) is 5.59. The molecule has 0 saturated heterocycles. The SMILES string of the molecule is C[CH]CCC(C)CCCCCC. The molecule has 0 N–H and O–H groups in total. The van der Waals surface area contributed by atoms with Crippen LogP contribution in [-0.2, 0) is 0 Å². The first-order chi connectivity index (χ1) is 5.81. The predicted molar refractivity (Wildman–Crippen MR) is 57.1 cm³/mol. The second-order valence-electron chi connectivity index (χ2n) is 3.94. The number of hydrogen-bond donors (Lipinski definition) is 0. The minimum Gasteiger partial charge on any atom is -0.0654 e. The van der Waals surface area contributed by atoms with Gasteiger partial charge in [0.2, 0.25) is 0 Å². The average molecular weight is 169 g/mol. The molecule has 0 heterocycles. The van der Waals surface area contributed by atoms with Crippen molar-refractivity contribution in [3.05, 3.63) is 6.42 Å². The Morgan fingerprint density at radius 3 is 2.42 bits per heavy atom. The lowest BCUT2D eigenvalue weighted by Crippen LogP contribution is -1.94. The highest BCUT2D eigenvalue weighted by atomic mass is 14.1. The molecule has 0 amide bonds. The molecule has 0 aromatic carbocycles. The Morgan fingerprint density at radius 1 is 1.08 bits per heavy atom. The number of hydrogen-bond acceptors (Lipinski definition) is 0. The first kappa shape index (κ1) is 12.0. The molecule has 0 bridgehead atoms. The largest absolute Gasteiger partial charge is 0.0654 e. The lowest BCUT2D eigenvalue weighted by Gasteiger charge is -2.09. The Kier molecular flexibility index (Phi) is 9.09. The van der Waals surface area contributed by atoms with Gasteiger partial charge < -0.3 is 0 Å². The van der Waals surface area contributed by atoms with Crippen LogP contribution in [0, 0.1) is 12.3 Å². The summed E-state index contributed by atoms with van der Waals surface area (Å²) in [5, 5.41) is 0. The third kappa shape index (κ3) is 8.10. The Labute approximate surface area is 78.8 Å². The zero-order valence-electron chi connectivity index (χ0n) is 9.10. The molecular weight excluding hydrogens is 144 g/mol. The van der Waals surface area contributed by atoms with Gasteiger partial charge in [0.1, 0.15) is 0 Å². The first-order valence-corrected chi connectivity index (χ1v) is 5.59. The molecule has 0 rings (SSSR count). The minimum absolute atomic E-state index is 0.943. The molecule has 0 heteroatoms. The van der Waals surface area contributed by atoms with Crippen molar-refractivity contribution in [1.82, 2.24) is 0 Å². The van der Waals surface area contributed by atoms with Gasteiger partial charge in [0.05, 0.1) is 0 Å². The summed E-state index contributed by atoms with van der Waals surface area (Å²) in [5.74, 6) is 0.943. The van der Waals surface area contributed by atoms with E-state index in [-0.39, 0.29) is 0 Å². The van der Waals surface area contributed by atoms with Gasteiger partial charge in [-0.05, 0) is 12.3 Å². The normalized spacial score (nSPS) is 13.2. The maximum Gasteiger partial charge on any atom is -0.0417 e. The van der Waals surface area contributed by atoms with Crippen molar-refractivity contribution in [1.29, 1.82) is 0 Å². The van der Waals surface area contributed by atoms with E-state index in [1.54, 1.807) is 0 Å². The topological polar surface area (TPSA) is 0 Å². The van der Waals surface area contributed by atoms with E-state index in [0.29, 0.717) is 0 Å². The molecule has 0 spiro atoms. The summed E-state index contributed by atoms with van der Waals surface area (Å²) >= 11 is 0. The Bertz CT molecular complexity index is 76.1. The molecule has 1 unspecified atom stereocenters. The van der Waals surface area contributed by atoms with E-state index in [1.165, 1.54) is 44.9 Å². The molecular formula is C12H25. The van der Waals surface area contributed by atoms with Crippen LogP contribution in [0.2, 0.25) is 0 Å². The summed E-state index contributed by atoms with van der Waals surface area (Å²) in [6, 6.07) is 0. The Hall–Kier alpha value is 0. The lowest BCUT2D eigenvalue weighted by molar-refractivity contribution is 0.458. The molecule has 1 atom stereocenters. The monoisotopic (exact) mass is 169 g/mol. The quantitative estimate of drug-likeness (QED) is 0.466. The van der Waals surface area contributed by atoms with Gasteiger partial charge in [0, 0.05) is 0 Å². The molecule has 0 nitrogen and oxygen atoms in total. The summed E-state index contributed by atoms with van der Waals surface area (Å²) in [5.41, 5.74) is 0. The molecule has 1 radical (unpaired) electrons. The molecule has 0 aliphatic heterocycles. The second kappa shape index (κ2) is 9.09. The van der Waals surface area contributed by atoms with Crippen molar-refractivity contribution < 1.29 is 0 Å². The summed E-state index contributed by atoms with van der Waals surface area (Å²) in [6.45, 7) is 6.81. The van der Waals surface area contributed by atoms with Gasteiger partial charge in [-0.3, -0.25) is 0 Å². The summed E-state index contributed by atoms with van der Waals surface area (Å²) in [4.78, 5) is 0. The van der Waals surface area contributed by atoms with E-state index in [0.717, 1.165) is 5.92 Å². The van der Waals surface area contributed by atoms with E-state index < -0.39 is 0 Å². The number of rotatable bonds is 8. The molecule has 0 aromatic heterocycles. The van der Waals surface area contributed by atoms with Crippen LogP contribution < -0.4 is 0 Å². The van der Waals surface area contributed by atoms with Crippen LogP contribution in [0.25, 0.3) is 0 Å². The fraction of sp³-hybridized carbons (Fsp3) is 0.917. The van der Waals surface area contributed by atoms with Gasteiger partial charge >= 0.3 is 0 Å². The molecule has 0 aliphatic rings. The van der Waals surface area contributed by atoms with Crippen molar-refractivity contribution >= 4 is 0 Å². The maximum absolute atomic E-state index is 2.38. The minimum atomic E-state index is 0.943. The van der Waals surface area contributed by atoms with E-state index >= 15 is 0 Å². The van der Waals surface area contributed by atoms with Crippen molar-refractivity contribution in [3.63, 3.8) is 0 Å². The van der Waals surface area contributed by atoms with Crippen LogP contribution in [0.3, 0.4) is 0 Å². The van der Waals surface area contributed by atoms with E-state index in [2.05, 4.69) is 27.2 Å². The van der Waals surface area contributed by atoms with E-state index in [4.69, 9.17) is 0 Å². The zero-order valence-corrected chi connectivity index (χ0v) is 9.10. The van der Waals surface area contributed by atoms with Gasteiger partial charge in [-0.15, -0.1) is 0 Å². The summed E-state index contributed by atoms with van der Waals surface area (Å²) in [7, 11) is 0. The van der Waals surface area contributed by atoms with Crippen molar-refractivity contribution in [3.8, 4) is 0 Å². The Morgan fingerprint density at radius 2 is 1.83 bits per heavy atom. The average Bonchev–Trinajstić information content (AvgIpc) is 2.09. The van der Waals surface area contributed by atoms with Crippen LogP contribution in [0.1, 0.15) is 65.7 Å². The highest BCUT2D eigenvalue weighted by Crippen LogP contribution is 2.15. The summed E-state index contributed by atoms with van der Waals surface area (Å²) in [6.07, 6.45) is 12.1. The third-order valence-electron chi connectivity index (χ3n) is 2.50. The van der Waals surface area contributed by atoms with Crippen molar-refractivity contribution in [2.24, 2.45) is 5.92 Å². The van der Waals surface area contributed by atoms with Crippen LogP contribution in [0.4, 0.5) is 0 Å². The standard InChI is InChI=1S/C12H25/c1-4-6-8-9-11-12(3)10-7-5-2/h5,12H,4,6-11H2,1-3H3. The van der Waals surface area contributed by atoms with Crippen LogP contribution in [0.15, 0.2) is 0 Å². The fourth-order valence-corrected chi connectivity index (χ4v) is 1.52. The molecule has 0 aromatic rings. The molecule has 0 saturated carbocycles. The maximum atomic E-state index is 2.38. The van der Waals surface area contributed by atoms with Gasteiger partial charge in [-0.2, -0.15) is 0 Å². The molecule has 73 valence electrons. The van der Waals surface area contributed by atoms with E-state index in [1.807, 2.05) is 0 Å². The lowest BCUT2D eigenvalue weighted by atomic mass is 9.97. The van der Waals surface area contributed by atoms with Crippen LogP contribution in [0.5, 0.6) is 0 Å². The molecule has 12 heavy (non-hydrogen) atoms. The number of unbranched alkanes of at least 4 members (excludes halogenated alkanes) is 4. The third-order valence-corrected chi connectivity index (χ3v) is 2.50. The predicted octanol–water partition coefficient (Wildman–Crippen LogP) is 4.60. The van der Waals surface area contributed by atoms with Crippen molar-refractivity contribution in [2.45, 2.75) is 65.7 Å². The van der Waals surface area contributed by atoms with Crippen LogP contribution in [-0.4, -0.2) is 0 Å². The smallest absolute Gasteiger partial charge is 0.0417 e.